The molecule has 0 rings (SSSR count). The van der Waals surface area contributed by atoms with E-state index >= 15 is 0 Å². The van der Waals surface area contributed by atoms with Gasteiger partial charge in [0.05, 0.1) is 6.61 Å². The van der Waals surface area contributed by atoms with Gasteiger partial charge in [-0.15, -0.1) is 0 Å². The number of hydrogen-bond acceptors (Lipinski definition) is 4. The highest BCUT2D eigenvalue weighted by Crippen LogP contribution is 2.18. The number of rotatable bonds is 27. The Labute approximate surface area is 213 Å². The number of unbranched alkanes of at least 4 members (excludes halogenated alkanes) is 12. The van der Waals surface area contributed by atoms with E-state index < -0.39 is 0 Å². The SMILES string of the molecule is CCCCCCC(CCCC)COC(=O)CCCCCN(CCCCCC)CCCCCC=O. The van der Waals surface area contributed by atoms with Gasteiger partial charge in [-0.3, -0.25) is 4.79 Å². The van der Waals surface area contributed by atoms with Crippen molar-refractivity contribution in [1.29, 1.82) is 0 Å². The molecule has 0 aliphatic rings. The Morgan fingerprint density at radius 2 is 1.21 bits per heavy atom. The first-order valence-corrected chi connectivity index (χ1v) is 15.0. The van der Waals surface area contributed by atoms with Crippen molar-refractivity contribution in [3.05, 3.63) is 0 Å². The van der Waals surface area contributed by atoms with Crippen molar-refractivity contribution < 1.29 is 14.3 Å². The third-order valence-corrected chi connectivity index (χ3v) is 6.89. The maximum Gasteiger partial charge on any atom is 0.305 e. The first kappa shape index (κ1) is 33.1. The van der Waals surface area contributed by atoms with E-state index in [0.717, 1.165) is 51.5 Å². The zero-order valence-electron chi connectivity index (χ0n) is 23.3. The summed E-state index contributed by atoms with van der Waals surface area (Å²) in [4.78, 5) is 25.4. The Morgan fingerprint density at radius 1 is 0.676 bits per heavy atom. The first-order valence-electron chi connectivity index (χ1n) is 15.0. The summed E-state index contributed by atoms with van der Waals surface area (Å²) in [7, 11) is 0. The Morgan fingerprint density at radius 3 is 1.79 bits per heavy atom. The van der Waals surface area contributed by atoms with Crippen molar-refractivity contribution >= 4 is 12.3 Å². The third-order valence-electron chi connectivity index (χ3n) is 6.89. The van der Waals surface area contributed by atoms with Crippen LogP contribution in [0.3, 0.4) is 0 Å². The lowest BCUT2D eigenvalue weighted by Gasteiger charge is -2.22. The van der Waals surface area contributed by atoms with Crippen molar-refractivity contribution in [1.82, 2.24) is 4.90 Å². The molecule has 0 aromatic rings. The van der Waals surface area contributed by atoms with Gasteiger partial charge >= 0.3 is 5.97 Å². The monoisotopic (exact) mass is 481 g/mol. The minimum atomic E-state index is 0.00153. The lowest BCUT2D eigenvalue weighted by atomic mass is 9.96. The highest BCUT2D eigenvalue weighted by atomic mass is 16.5. The van der Waals surface area contributed by atoms with Crippen LogP contribution in [0.4, 0.5) is 0 Å². The molecule has 0 aliphatic carbocycles. The van der Waals surface area contributed by atoms with E-state index in [2.05, 4.69) is 25.7 Å². The van der Waals surface area contributed by atoms with Crippen molar-refractivity contribution in [2.24, 2.45) is 5.92 Å². The average molecular weight is 482 g/mol. The van der Waals surface area contributed by atoms with Crippen molar-refractivity contribution in [3.8, 4) is 0 Å². The van der Waals surface area contributed by atoms with E-state index in [-0.39, 0.29) is 5.97 Å². The van der Waals surface area contributed by atoms with E-state index in [1.807, 2.05) is 0 Å². The molecule has 4 heteroatoms. The maximum atomic E-state index is 12.3. The Bertz CT molecular complexity index is 441. The first-order chi connectivity index (χ1) is 16.7. The minimum Gasteiger partial charge on any atom is -0.465 e. The zero-order valence-corrected chi connectivity index (χ0v) is 23.3. The van der Waals surface area contributed by atoms with Crippen LogP contribution in [0, 0.1) is 5.92 Å². The Hall–Kier alpha value is -0.900. The summed E-state index contributed by atoms with van der Waals surface area (Å²) in [5.41, 5.74) is 0. The molecule has 0 saturated heterocycles. The number of esters is 1. The van der Waals surface area contributed by atoms with Gasteiger partial charge in [-0.2, -0.15) is 0 Å². The zero-order chi connectivity index (χ0) is 25.1. The van der Waals surface area contributed by atoms with Crippen LogP contribution < -0.4 is 0 Å². The van der Waals surface area contributed by atoms with Crippen LogP contribution in [0.2, 0.25) is 0 Å². The molecule has 0 amide bonds. The lowest BCUT2D eigenvalue weighted by molar-refractivity contribution is -0.145. The number of nitrogens with zero attached hydrogens (tertiary/aromatic N) is 1. The topological polar surface area (TPSA) is 46.6 Å². The molecule has 0 aromatic heterocycles. The van der Waals surface area contributed by atoms with E-state index in [1.165, 1.54) is 90.0 Å². The molecule has 4 nitrogen and oxygen atoms in total. The second-order valence-corrected chi connectivity index (χ2v) is 10.3. The normalized spacial score (nSPS) is 12.2. The molecule has 34 heavy (non-hydrogen) atoms. The highest BCUT2D eigenvalue weighted by Gasteiger charge is 2.12. The fraction of sp³-hybridized carbons (Fsp3) is 0.933. The summed E-state index contributed by atoms with van der Waals surface area (Å²) in [6, 6.07) is 0. The van der Waals surface area contributed by atoms with Crippen molar-refractivity contribution in [2.75, 3.05) is 26.2 Å². The van der Waals surface area contributed by atoms with Crippen LogP contribution in [-0.4, -0.2) is 43.4 Å². The van der Waals surface area contributed by atoms with Crippen LogP contribution >= 0.6 is 0 Å². The van der Waals surface area contributed by atoms with Crippen LogP contribution in [0.5, 0.6) is 0 Å². The third kappa shape index (κ3) is 22.9. The summed E-state index contributed by atoms with van der Waals surface area (Å²) < 4.78 is 5.67. The summed E-state index contributed by atoms with van der Waals surface area (Å²) in [6.45, 7) is 10.8. The summed E-state index contributed by atoms with van der Waals surface area (Å²) in [5.74, 6) is 0.551. The second-order valence-electron chi connectivity index (χ2n) is 10.3. The summed E-state index contributed by atoms with van der Waals surface area (Å²) in [5, 5.41) is 0. The molecular formula is C30H59NO3. The molecule has 0 bridgehead atoms. The Kier molecular flexibility index (Phi) is 26.0. The number of hydrogen-bond donors (Lipinski definition) is 0. The van der Waals surface area contributed by atoms with Gasteiger partial charge in [0.15, 0.2) is 0 Å². The molecular weight excluding hydrogens is 422 g/mol. The molecule has 1 unspecified atom stereocenters. The van der Waals surface area contributed by atoms with E-state index in [0.29, 0.717) is 25.4 Å². The molecule has 0 aromatic carbocycles. The van der Waals surface area contributed by atoms with Gasteiger partial charge in [-0.1, -0.05) is 91.4 Å². The molecule has 202 valence electrons. The van der Waals surface area contributed by atoms with Gasteiger partial charge in [-0.05, 0) is 70.5 Å². The van der Waals surface area contributed by atoms with Gasteiger partial charge in [-0.25, -0.2) is 0 Å². The summed E-state index contributed by atoms with van der Waals surface area (Å²) >= 11 is 0. The van der Waals surface area contributed by atoms with E-state index in [1.54, 1.807) is 0 Å². The molecule has 0 heterocycles. The van der Waals surface area contributed by atoms with Crippen molar-refractivity contribution in [3.63, 3.8) is 0 Å². The number of carbonyl (C=O) groups is 2. The maximum absolute atomic E-state index is 12.3. The quantitative estimate of drug-likeness (QED) is 0.0670. The van der Waals surface area contributed by atoms with Crippen LogP contribution in [0.1, 0.15) is 149 Å². The fourth-order valence-corrected chi connectivity index (χ4v) is 4.57. The van der Waals surface area contributed by atoms with Crippen LogP contribution in [0.15, 0.2) is 0 Å². The van der Waals surface area contributed by atoms with Crippen LogP contribution in [-0.2, 0) is 14.3 Å². The molecule has 0 fully saturated rings. The van der Waals surface area contributed by atoms with Gasteiger partial charge in [0.2, 0.25) is 0 Å². The largest absolute Gasteiger partial charge is 0.465 e. The average Bonchev–Trinajstić information content (AvgIpc) is 2.84. The van der Waals surface area contributed by atoms with Crippen LogP contribution in [0.25, 0.3) is 0 Å². The predicted octanol–water partition coefficient (Wildman–Crippen LogP) is 8.51. The Balaban J connectivity index is 4.06. The molecule has 0 N–H and O–H groups in total. The number of ether oxygens (including phenoxy) is 1. The molecule has 0 spiro atoms. The highest BCUT2D eigenvalue weighted by molar-refractivity contribution is 5.69. The van der Waals surface area contributed by atoms with Gasteiger partial charge in [0, 0.05) is 12.8 Å². The molecule has 0 radical (unpaired) electrons. The standard InChI is InChI=1S/C30H59NO3/c1-4-7-10-15-22-29(21-9-6-3)28-34-30(33)23-16-14-19-26-31(24-17-11-8-5-2)25-18-12-13-20-27-32/h27,29H,4-26,28H2,1-3H3. The molecule has 0 aliphatic heterocycles. The lowest BCUT2D eigenvalue weighted by Crippen LogP contribution is -2.27. The molecule has 0 saturated carbocycles. The second kappa shape index (κ2) is 26.7. The van der Waals surface area contributed by atoms with Crippen molar-refractivity contribution in [2.45, 2.75) is 149 Å². The fourth-order valence-electron chi connectivity index (χ4n) is 4.57. The summed E-state index contributed by atoms with van der Waals surface area (Å²) in [6.07, 6.45) is 24.1. The molecule has 1 atom stereocenters. The smallest absolute Gasteiger partial charge is 0.305 e. The van der Waals surface area contributed by atoms with E-state index in [9.17, 15) is 9.59 Å². The minimum absolute atomic E-state index is 0.00153. The number of aldehydes is 1. The number of carbonyl (C=O) groups excluding carboxylic acids is 2. The predicted molar refractivity (Wildman–Crippen MR) is 146 cm³/mol. The van der Waals surface area contributed by atoms with E-state index in [4.69, 9.17) is 4.74 Å². The van der Waals surface area contributed by atoms with Gasteiger partial charge < -0.3 is 14.4 Å². The van der Waals surface area contributed by atoms with Gasteiger partial charge in [0.25, 0.3) is 0 Å². The van der Waals surface area contributed by atoms with Gasteiger partial charge in [0.1, 0.15) is 6.29 Å².